The van der Waals surface area contributed by atoms with Crippen LogP contribution in [0.25, 0.3) is 0 Å². The smallest absolute Gasteiger partial charge is 0.247 e. The number of carbonyl (C=O) groups excluding carboxylic acids is 2. The van der Waals surface area contributed by atoms with E-state index in [1.54, 1.807) is 0 Å². The Labute approximate surface area is 317 Å². The third-order valence-corrected chi connectivity index (χ3v) is 11.3. The highest BCUT2D eigenvalue weighted by Crippen LogP contribution is 2.45. The molecule has 0 aliphatic heterocycles. The summed E-state index contributed by atoms with van der Waals surface area (Å²) in [5.41, 5.74) is 3.68. The van der Waals surface area contributed by atoms with Gasteiger partial charge in [-0.05, 0) is 46.2 Å². The number of nitrogens with zero attached hydrogens (tertiary/aromatic N) is 2. The predicted octanol–water partition coefficient (Wildman–Crippen LogP) is 9.58. The van der Waals surface area contributed by atoms with Crippen LogP contribution in [0.5, 0.6) is 0 Å². The molecule has 0 bridgehead atoms. The molecule has 6 nitrogen and oxygen atoms in total. The molecule has 6 heteroatoms. The second kappa shape index (κ2) is 16.5. The molecule has 54 heavy (non-hydrogen) atoms. The second-order valence-electron chi connectivity index (χ2n) is 14.3. The Kier molecular flexibility index (Phi) is 11.1. The Morgan fingerprint density at radius 2 is 0.611 bits per heavy atom. The largest absolute Gasteiger partial charge is 0.286 e. The van der Waals surface area contributed by atoms with E-state index in [2.05, 4.69) is 0 Å². The van der Waals surface area contributed by atoms with Crippen molar-refractivity contribution < 1.29 is 20.0 Å². The lowest BCUT2D eigenvalue weighted by molar-refractivity contribution is -0.214. The van der Waals surface area contributed by atoms with E-state index in [4.69, 9.17) is 0 Å². The molecule has 6 aromatic rings. The highest BCUT2D eigenvalue weighted by atomic mass is 16.5. The maximum atomic E-state index is 14.6. The van der Waals surface area contributed by atoms with Crippen LogP contribution in [0.15, 0.2) is 182 Å². The van der Waals surface area contributed by atoms with E-state index >= 15 is 0 Å². The van der Waals surface area contributed by atoms with Crippen LogP contribution in [-0.2, 0) is 20.4 Å². The van der Waals surface area contributed by atoms with E-state index in [0.717, 1.165) is 56.3 Å². The number of rotatable bonds is 12. The molecule has 1 fully saturated rings. The molecule has 1 aliphatic carbocycles. The molecule has 1 aliphatic rings. The second-order valence-corrected chi connectivity index (χ2v) is 14.3. The van der Waals surface area contributed by atoms with Crippen LogP contribution in [0.1, 0.15) is 71.9 Å². The summed E-state index contributed by atoms with van der Waals surface area (Å²) in [4.78, 5) is 29.2. The van der Waals surface area contributed by atoms with Crippen molar-refractivity contribution in [2.24, 2.45) is 0 Å². The molecule has 6 aromatic carbocycles. The number of benzene rings is 6. The summed E-state index contributed by atoms with van der Waals surface area (Å²) < 4.78 is 0. The van der Waals surface area contributed by atoms with Crippen molar-refractivity contribution in [3.8, 4) is 0 Å². The van der Waals surface area contributed by atoms with Crippen molar-refractivity contribution >= 4 is 11.8 Å². The van der Waals surface area contributed by atoms with Gasteiger partial charge in [-0.1, -0.05) is 195 Å². The Bertz CT molecular complexity index is 1750. The average molecular weight is 715 g/mol. The molecule has 0 heterocycles. The van der Waals surface area contributed by atoms with Gasteiger partial charge in [-0.3, -0.25) is 20.0 Å². The lowest BCUT2D eigenvalue weighted by Crippen LogP contribution is -2.56. The molecule has 1 unspecified atom stereocenters. The Hall–Kier alpha value is -5.82. The summed E-state index contributed by atoms with van der Waals surface area (Å²) in [5.74, 6) is -0.979. The number of carbonyl (C=O) groups is 2. The molecular weight excluding hydrogens is 669 g/mol. The molecule has 272 valence electrons. The van der Waals surface area contributed by atoms with Crippen LogP contribution in [0.2, 0.25) is 0 Å². The number of hydrogen-bond donors (Lipinski definition) is 2. The number of amides is 2. The summed E-state index contributed by atoms with van der Waals surface area (Å²) in [6.45, 7) is 0. The molecule has 0 aromatic heterocycles. The van der Waals surface area contributed by atoms with Crippen molar-refractivity contribution in [2.45, 2.75) is 61.4 Å². The van der Waals surface area contributed by atoms with Crippen molar-refractivity contribution in [2.75, 3.05) is 0 Å². The van der Waals surface area contributed by atoms with Gasteiger partial charge in [-0.25, -0.2) is 10.1 Å². The third kappa shape index (κ3) is 7.11. The predicted molar refractivity (Wildman–Crippen MR) is 211 cm³/mol. The zero-order valence-corrected chi connectivity index (χ0v) is 30.3. The van der Waals surface area contributed by atoms with Crippen molar-refractivity contribution in [3.63, 3.8) is 0 Å². The van der Waals surface area contributed by atoms with Gasteiger partial charge in [-0.2, -0.15) is 0 Å². The first-order valence-corrected chi connectivity index (χ1v) is 18.8. The summed E-state index contributed by atoms with van der Waals surface area (Å²) in [5, 5.41) is 25.5. The van der Waals surface area contributed by atoms with Gasteiger partial charge in [0.2, 0.25) is 11.8 Å². The van der Waals surface area contributed by atoms with Crippen LogP contribution >= 0.6 is 0 Å². The van der Waals surface area contributed by atoms with Gasteiger partial charge in [0.25, 0.3) is 0 Å². The number of hydroxylamine groups is 4. The fourth-order valence-corrected chi connectivity index (χ4v) is 8.60. The maximum Gasteiger partial charge on any atom is 0.247 e. The van der Waals surface area contributed by atoms with Gasteiger partial charge >= 0.3 is 0 Å². The van der Waals surface area contributed by atoms with Gasteiger partial charge in [0.15, 0.2) is 0 Å². The zero-order chi connectivity index (χ0) is 37.4. The van der Waals surface area contributed by atoms with Gasteiger partial charge < -0.3 is 0 Å². The van der Waals surface area contributed by atoms with E-state index in [1.165, 1.54) is 0 Å². The fourth-order valence-electron chi connectivity index (χ4n) is 8.60. The highest BCUT2D eigenvalue weighted by Gasteiger charge is 2.45. The monoisotopic (exact) mass is 714 g/mol. The first-order valence-electron chi connectivity index (χ1n) is 18.8. The van der Waals surface area contributed by atoms with Crippen molar-refractivity contribution in [1.82, 2.24) is 10.1 Å². The van der Waals surface area contributed by atoms with Gasteiger partial charge in [-0.15, -0.1) is 0 Å². The first kappa shape index (κ1) is 36.5. The molecular formula is C48H46N2O4. The summed E-state index contributed by atoms with van der Waals surface area (Å²) in [6.07, 6.45) is 2.24. The van der Waals surface area contributed by atoms with E-state index in [9.17, 15) is 20.0 Å². The minimum absolute atomic E-state index is 0.0662. The van der Waals surface area contributed by atoms with E-state index < -0.39 is 34.7 Å². The Balaban J connectivity index is 1.23. The molecule has 2 amide bonds. The molecule has 2 N–H and O–H groups in total. The van der Waals surface area contributed by atoms with Crippen molar-refractivity contribution in [1.29, 1.82) is 0 Å². The minimum Gasteiger partial charge on any atom is -0.286 e. The summed E-state index contributed by atoms with van der Waals surface area (Å²) in [7, 11) is 0. The average Bonchev–Trinajstić information content (AvgIpc) is 3.26. The van der Waals surface area contributed by atoms with Crippen LogP contribution < -0.4 is 0 Å². The first-order chi connectivity index (χ1) is 26.4. The van der Waals surface area contributed by atoms with Crippen molar-refractivity contribution in [3.05, 3.63) is 215 Å². The van der Waals surface area contributed by atoms with Crippen LogP contribution in [0, 0.1) is 0 Å². The number of hydrogen-bond acceptors (Lipinski definition) is 4. The molecule has 2 atom stereocenters. The lowest BCUT2D eigenvalue weighted by atomic mass is 9.67. The Morgan fingerprint density at radius 3 is 0.815 bits per heavy atom. The molecule has 0 spiro atoms. The zero-order valence-electron chi connectivity index (χ0n) is 30.3. The molecule has 7 rings (SSSR count). The van der Waals surface area contributed by atoms with E-state index in [1.807, 2.05) is 182 Å². The summed E-state index contributed by atoms with van der Waals surface area (Å²) >= 11 is 0. The fraction of sp³-hybridized carbons (Fsp3) is 0.208. The normalized spacial score (nSPS) is 16.0. The molecule has 0 saturated heterocycles. The van der Waals surface area contributed by atoms with Gasteiger partial charge in [0.1, 0.15) is 0 Å². The van der Waals surface area contributed by atoms with Crippen LogP contribution in [-0.4, -0.2) is 44.4 Å². The SMILES string of the molecule is O=C(CC(c1ccccc1)(c1ccccc1)c1ccccc1)N(O)C1CCCC[C@H]1N(O)C(=O)CC(c1ccccc1)(c1ccccc1)c1ccccc1. The van der Waals surface area contributed by atoms with Gasteiger partial charge in [0, 0.05) is 12.8 Å². The topological polar surface area (TPSA) is 81.1 Å². The van der Waals surface area contributed by atoms with E-state index in [0.29, 0.717) is 12.8 Å². The molecule has 1 saturated carbocycles. The quantitative estimate of drug-likeness (QED) is 0.0752. The Morgan fingerprint density at radius 1 is 0.407 bits per heavy atom. The lowest BCUT2D eigenvalue weighted by Gasteiger charge is -2.43. The van der Waals surface area contributed by atoms with Crippen LogP contribution in [0.3, 0.4) is 0 Å². The van der Waals surface area contributed by atoms with Crippen LogP contribution in [0.4, 0.5) is 0 Å². The van der Waals surface area contributed by atoms with Gasteiger partial charge in [0.05, 0.1) is 22.9 Å². The standard InChI is InChI=1S/C48H46N2O4/c51-45(35-47(37-21-7-1-8-22-37,38-23-9-2-10-24-38)39-25-11-3-12-26-39)49(53)43-33-19-20-34-44(43)50(54)46(52)36-48(40-27-13-4-14-28-40,41-29-15-5-16-30-41)42-31-17-6-18-32-42/h1-18,21-32,43-44,53-54H,19-20,33-36H2/t43-,44?/m1/s1. The maximum absolute atomic E-state index is 14.6. The highest BCUT2D eigenvalue weighted by molar-refractivity contribution is 5.81. The molecule has 0 radical (unpaired) electrons. The summed E-state index contributed by atoms with van der Waals surface area (Å²) in [6, 6.07) is 57.9. The third-order valence-electron chi connectivity index (χ3n) is 11.3. The van der Waals surface area contributed by atoms with E-state index in [-0.39, 0.29) is 12.8 Å². The minimum atomic E-state index is -0.915.